The summed E-state index contributed by atoms with van der Waals surface area (Å²) in [6.45, 7) is 3.04. The van der Waals surface area contributed by atoms with E-state index < -0.39 is 0 Å². The molecule has 4 rings (SSSR count). The molecule has 1 fully saturated rings. The van der Waals surface area contributed by atoms with E-state index in [0.717, 1.165) is 16.3 Å². The molecule has 3 nitrogen and oxygen atoms in total. The van der Waals surface area contributed by atoms with Gasteiger partial charge in [0.05, 0.1) is 0 Å². The van der Waals surface area contributed by atoms with Crippen LogP contribution in [0.3, 0.4) is 0 Å². The summed E-state index contributed by atoms with van der Waals surface area (Å²) in [7, 11) is 0. The standard InChI is InChI=1S/C21H23NO2/c1-14-6-2-5-9-18(14)22-13-16-12-20(23)24-19-11-10-15-7-3-4-8-17(15)21(16)19/h3-4,7-8,10-12,14,18,22H,2,5-6,9,13H2,1H3/t14-,18+/m1/s1. The Kier molecular flexibility index (Phi) is 4.11. The zero-order chi connectivity index (χ0) is 16.5. The number of hydrogen-bond donors (Lipinski definition) is 1. The highest BCUT2D eigenvalue weighted by Gasteiger charge is 2.21. The third kappa shape index (κ3) is 2.84. The number of rotatable bonds is 3. The van der Waals surface area contributed by atoms with E-state index in [-0.39, 0.29) is 5.63 Å². The maximum atomic E-state index is 12.0. The SMILES string of the molecule is C[C@@H]1CCCC[C@@H]1NCc1cc(=O)oc2ccc3ccccc3c12. The predicted octanol–water partition coefficient (Wildman–Crippen LogP) is 4.61. The van der Waals surface area contributed by atoms with Gasteiger partial charge in [0.2, 0.25) is 0 Å². The van der Waals surface area contributed by atoms with Gasteiger partial charge in [-0.2, -0.15) is 0 Å². The number of hydrogen-bond acceptors (Lipinski definition) is 3. The van der Waals surface area contributed by atoms with Gasteiger partial charge in [0.25, 0.3) is 0 Å². The van der Waals surface area contributed by atoms with Gasteiger partial charge in [0, 0.05) is 24.0 Å². The van der Waals surface area contributed by atoms with Gasteiger partial charge in [0.1, 0.15) is 5.58 Å². The normalized spacial score (nSPS) is 21.4. The Hall–Kier alpha value is -2.13. The largest absolute Gasteiger partial charge is 0.423 e. The van der Waals surface area contributed by atoms with Crippen LogP contribution in [-0.4, -0.2) is 6.04 Å². The maximum Gasteiger partial charge on any atom is 0.336 e. The smallest absolute Gasteiger partial charge is 0.336 e. The summed E-state index contributed by atoms with van der Waals surface area (Å²) in [6, 6.07) is 14.4. The van der Waals surface area contributed by atoms with Crippen LogP contribution >= 0.6 is 0 Å². The van der Waals surface area contributed by atoms with E-state index in [2.05, 4.69) is 24.4 Å². The van der Waals surface area contributed by atoms with E-state index in [1.165, 1.54) is 31.1 Å². The molecule has 2 aromatic carbocycles. The molecular weight excluding hydrogens is 298 g/mol. The minimum absolute atomic E-state index is 0.272. The highest BCUT2D eigenvalue weighted by molar-refractivity contribution is 6.07. The van der Waals surface area contributed by atoms with Crippen LogP contribution < -0.4 is 10.9 Å². The molecule has 3 aromatic rings. The molecule has 1 aliphatic carbocycles. The number of fused-ring (bicyclic) bond motifs is 3. The van der Waals surface area contributed by atoms with Crippen LogP contribution in [-0.2, 0) is 6.54 Å². The highest BCUT2D eigenvalue weighted by atomic mass is 16.4. The van der Waals surface area contributed by atoms with Gasteiger partial charge in [-0.15, -0.1) is 0 Å². The highest BCUT2D eigenvalue weighted by Crippen LogP contribution is 2.28. The van der Waals surface area contributed by atoms with Gasteiger partial charge in [-0.25, -0.2) is 4.79 Å². The van der Waals surface area contributed by atoms with E-state index in [0.29, 0.717) is 24.1 Å². The molecule has 24 heavy (non-hydrogen) atoms. The minimum atomic E-state index is -0.272. The second-order valence-corrected chi connectivity index (χ2v) is 7.00. The van der Waals surface area contributed by atoms with Crippen molar-refractivity contribution in [3.63, 3.8) is 0 Å². The first-order valence-corrected chi connectivity index (χ1v) is 8.90. The monoisotopic (exact) mass is 321 g/mol. The summed E-state index contributed by atoms with van der Waals surface area (Å²) in [5.41, 5.74) is 1.44. The summed E-state index contributed by atoms with van der Waals surface area (Å²) in [6.07, 6.45) is 5.14. The van der Waals surface area contributed by atoms with Crippen molar-refractivity contribution in [2.75, 3.05) is 0 Å². The van der Waals surface area contributed by atoms with Crippen molar-refractivity contribution < 1.29 is 4.42 Å². The van der Waals surface area contributed by atoms with E-state index in [4.69, 9.17) is 4.42 Å². The van der Waals surface area contributed by atoms with Crippen LogP contribution in [0.25, 0.3) is 21.7 Å². The zero-order valence-electron chi connectivity index (χ0n) is 14.0. The van der Waals surface area contributed by atoms with E-state index in [1.807, 2.05) is 24.3 Å². The van der Waals surface area contributed by atoms with Crippen molar-refractivity contribution in [2.45, 2.75) is 45.2 Å². The molecule has 0 saturated heterocycles. The third-order valence-electron chi connectivity index (χ3n) is 5.38. The Bertz CT molecular complexity index is 928. The molecule has 1 N–H and O–H groups in total. The van der Waals surface area contributed by atoms with Gasteiger partial charge in [-0.3, -0.25) is 0 Å². The van der Waals surface area contributed by atoms with Crippen LogP contribution in [0.2, 0.25) is 0 Å². The van der Waals surface area contributed by atoms with Crippen molar-refractivity contribution in [1.82, 2.24) is 5.32 Å². The maximum absolute atomic E-state index is 12.0. The van der Waals surface area contributed by atoms with Crippen molar-refractivity contribution >= 4 is 21.7 Å². The number of nitrogens with one attached hydrogen (secondary N) is 1. The fourth-order valence-corrected chi connectivity index (χ4v) is 4.02. The van der Waals surface area contributed by atoms with Crippen molar-refractivity contribution in [3.8, 4) is 0 Å². The van der Waals surface area contributed by atoms with Gasteiger partial charge >= 0.3 is 5.63 Å². The van der Waals surface area contributed by atoms with E-state index in [9.17, 15) is 4.79 Å². The van der Waals surface area contributed by atoms with Gasteiger partial charge in [0.15, 0.2) is 0 Å². The average Bonchev–Trinajstić information content (AvgIpc) is 2.60. The fourth-order valence-electron chi connectivity index (χ4n) is 4.02. The van der Waals surface area contributed by atoms with Crippen LogP contribution in [0.4, 0.5) is 0 Å². The van der Waals surface area contributed by atoms with Crippen molar-refractivity contribution in [1.29, 1.82) is 0 Å². The summed E-state index contributed by atoms with van der Waals surface area (Å²) < 4.78 is 5.44. The topological polar surface area (TPSA) is 42.2 Å². The lowest BCUT2D eigenvalue weighted by molar-refractivity contribution is 0.279. The molecule has 2 atom stereocenters. The first-order chi connectivity index (χ1) is 11.7. The first-order valence-electron chi connectivity index (χ1n) is 8.90. The molecule has 124 valence electrons. The Morgan fingerprint density at radius 1 is 1.12 bits per heavy atom. The Morgan fingerprint density at radius 2 is 1.96 bits per heavy atom. The zero-order valence-corrected chi connectivity index (χ0v) is 14.0. The Labute approximate surface area is 141 Å². The van der Waals surface area contributed by atoms with E-state index in [1.54, 1.807) is 6.07 Å². The van der Waals surface area contributed by atoms with Crippen LogP contribution in [0.15, 0.2) is 51.7 Å². The molecule has 0 amide bonds. The summed E-state index contributed by atoms with van der Waals surface area (Å²) in [5, 5.41) is 7.07. The Morgan fingerprint density at radius 3 is 2.83 bits per heavy atom. The molecule has 0 bridgehead atoms. The molecule has 0 spiro atoms. The van der Waals surface area contributed by atoms with Crippen LogP contribution in [0.1, 0.15) is 38.2 Å². The quantitative estimate of drug-likeness (QED) is 0.565. The molecular formula is C21H23NO2. The molecule has 0 aliphatic heterocycles. The third-order valence-corrected chi connectivity index (χ3v) is 5.38. The number of benzene rings is 2. The fraction of sp³-hybridized carbons (Fsp3) is 0.381. The molecule has 0 unspecified atom stereocenters. The molecule has 1 saturated carbocycles. The van der Waals surface area contributed by atoms with E-state index >= 15 is 0 Å². The average molecular weight is 321 g/mol. The Balaban J connectivity index is 1.76. The van der Waals surface area contributed by atoms with Crippen LogP contribution in [0, 0.1) is 5.92 Å². The molecule has 1 aromatic heterocycles. The predicted molar refractivity (Wildman–Crippen MR) is 98.2 cm³/mol. The molecule has 1 heterocycles. The lowest BCUT2D eigenvalue weighted by atomic mass is 9.86. The molecule has 0 radical (unpaired) electrons. The van der Waals surface area contributed by atoms with Crippen LogP contribution in [0.5, 0.6) is 0 Å². The molecule has 3 heteroatoms. The second kappa shape index (κ2) is 6.40. The van der Waals surface area contributed by atoms with Crippen molar-refractivity contribution in [3.05, 3.63) is 58.4 Å². The lowest BCUT2D eigenvalue weighted by Crippen LogP contribution is -2.36. The van der Waals surface area contributed by atoms with Gasteiger partial charge in [-0.1, -0.05) is 50.1 Å². The summed E-state index contributed by atoms with van der Waals surface area (Å²) >= 11 is 0. The van der Waals surface area contributed by atoms with Crippen molar-refractivity contribution in [2.24, 2.45) is 5.92 Å². The first kappa shape index (κ1) is 15.4. The van der Waals surface area contributed by atoms with Gasteiger partial charge < -0.3 is 9.73 Å². The second-order valence-electron chi connectivity index (χ2n) is 7.00. The minimum Gasteiger partial charge on any atom is -0.423 e. The lowest BCUT2D eigenvalue weighted by Gasteiger charge is -2.29. The van der Waals surface area contributed by atoms with Gasteiger partial charge in [-0.05, 0) is 41.2 Å². The summed E-state index contributed by atoms with van der Waals surface area (Å²) in [4.78, 5) is 12.0. The molecule has 1 aliphatic rings. The summed E-state index contributed by atoms with van der Waals surface area (Å²) in [5.74, 6) is 0.696.